The van der Waals surface area contributed by atoms with Gasteiger partial charge in [-0.05, 0) is 25.2 Å². The predicted molar refractivity (Wildman–Crippen MR) is 74.7 cm³/mol. The summed E-state index contributed by atoms with van der Waals surface area (Å²) < 4.78 is 5.32. The van der Waals surface area contributed by atoms with Crippen molar-refractivity contribution in [3.05, 3.63) is 28.7 Å². The lowest BCUT2D eigenvalue weighted by Crippen LogP contribution is -2.39. The molecule has 20 heavy (non-hydrogen) atoms. The van der Waals surface area contributed by atoms with Crippen LogP contribution in [0.2, 0.25) is 0 Å². The van der Waals surface area contributed by atoms with E-state index in [2.05, 4.69) is 20.6 Å². The fourth-order valence-electron chi connectivity index (χ4n) is 2.44. The van der Waals surface area contributed by atoms with Gasteiger partial charge in [-0.3, -0.25) is 4.79 Å². The van der Waals surface area contributed by atoms with Gasteiger partial charge in [0, 0.05) is 11.7 Å². The molecule has 1 fully saturated rings. The van der Waals surface area contributed by atoms with Gasteiger partial charge >= 0.3 is 5.69 Å². The molecular formula is C13H16N4O3. The van der Waals surface area contributed by atoms with Gasteiger partial charge in [0.05, 0.1) is 30.2 Å². The molecule has 1 aromatic heterocycles. The Balaban J connectivity index is 1.78. The molecule has 2 aromatic rings. The molecule has 2 heterocycles. The van der Waals surface area contributed by atoms with E-state index < -0.39 is 0 Å². The van der Waals surface area contributed by atoms with Crippen LogP contribution in [0, 0.1) is 5.92 Å². The van der Waals surface area contributed by atoms with Crippen LogP contribution < -0.4 is 16.3 Å². The molecule has 2 atom stereocenters. The summed E-state index contributed by atoms with van der Waals surface area (Å²) in [5.74, 6) is -0.292. The van der Waals surface area contributed by atoms with E-state index in [1.54, 1.807) is 18.2 Å². The second kappa shape index (κ2) is 5.10. The first-order valence-electron chi connectivity index (χ1n) is 6.45. The molecule has 0 bridgehead atoms. The van der Waals surface area contributed by atoms with Crippen molar-refractivity contribution in [1.29, 1.82) is 0 Å². The molecule has 1 aliphatic rings. The number of carbonyl (C=O) groups is 1. The molecule has 4 N–H and O–H groups in total. The maximum absolute atomic E-state index is 12.2. The minimum absolute atomic E-state index is 0.0331. The number of anilines is 1. The van der Waals surface area contributed by atoms with Gasteiger partial charge in [0.1, 0.15) is 0 Å². The second-order valence-electron chi connectivity index (χ2n) is 4.87. The first-order chi connectivity index (χ1) is 9.67. The lowest BCUT2D eigenvalue weighted by Gasteiger charge is -2.16. The number of benzene rings is 1. The van der Waals surface area contributed by atoms with Crippen LogP contribution in [0.25, 0.3) is 11.0 Å². The number of carbonyl (C=O) groups excluding carboxylic acids is 1. The highest BCUT2D eigenvalue weighted by Crippen LogP contribution is 2.18. The van der Waals surface area contributed by atoms with Crippen LogP contribution >= 0.6 is 0 Å². The minimum Gasteiger partial charge on any atom is -0.379 e. The SMILES string of the molecule is CNC1COCC1C(=O)Nc1ccc2[nH]c(=O)[nH]c2c1. The number of hydrogen-bond acceptors (Lipinski definition) is 4. The molecule has 0 aliphatic carbocycles. The van der Waals surface area contributed by atoms with Gasteiger partial charge in [0.15, 0.2) is 0 Å². The fraction of sp³-hybridized carbons (Fsp3) is 0.385. The molecular weight excluding hydrogens is 260 g/mol. The van der Waals surface area contributed by atoms with Gasteiger partial charge in [-0.15, -0.1) is 0 Å². The molecule has 106 valence electrons. The minimum atomic E-state index is -0.261. The molecule has 0 spiro atoms. The van der Waals surface area contributed by atoms with Crippen LogP contribution in [0.15, 0.2) is 23.0 Å². The number of nitrogens with one attached hydrogen (secondary N) is 4. The largest absolute Gasteiger partial charge is 0.379 e. The third-order valence-electron chi connectivity index (χ3n) is 3.57. The first-order valence-corrected chi connectivity index (χ1v) is 6.45. The van der Waals surface area contributed by atoms with Gasteiger partial charge in [-0.1, -0.05) is 0 Å². The smallest absolute Gasteiger partial charge is 0.323 e. The molecule has 1 aliphatic heterocycles. The standard InChI is InChI=1S/C13H16N4O3/c1-14-11-6-20-5-8(11)12(18)15-7-2-3-9-10(4-7)17-13(19)16-9/h2-4,8,11,14H,5-6H2,1H3,(H,15,18)(H2,16,17,19). The van der Waals surface area contributed by atoms with Crippen LogP contribution in [0.4, 0.5) is 5.69 Å². The number of rotatable bonds is 3. The van der Waals surface area contributed by atoms with E-state index in [1.165, 1.54) is 0 Å². The molecule has 0 radical (unpaired) electrons. The highest BCUT2D eigenvalue weighted by Gasteiger charge is 2.32. The Bertz CT molecular complexity index is 690. The monoisotopic (exact) mass is 276 g/mol. The van der Waals surface area contributed by atoms with Crippen LogP contribution in [0.3, 0.4) is 0 Å². The van der Waals surface area contributed by atoms with Crippen molar-refractivity contribution in [2.45, 2.75) is 6.04 Å². The molecule has 2 unspecified atom stereocenters. The molecule has 7 heteroatoms. The van der Waals surface area contributed by atoms with Crippen molar-refractivity contribution < 1.29 is 9.53 Å². The molecule has 1 amide bonds. The number of hydrogen-bond donors (Lipinski definition) is 4. The Morgan fingerprint density at radius 3 is 2.90 bits per heavy atom. The number of fused-ring (bicyclic) bond motifs is 1. The zero-order chi connectivity index (χ0) is 14.1. The van der Waals surface area contributed by atoms with E-state index >= 15 is 0 Å². The zero-order valence-corrected chi connectivity index (χ0v) is 11.0. The van der Waals surface area contributed by atoms with Crippen LogP contribution in [0.1, 0.15) is 0 Å². The predicted octanol–water partition coefficient (Wildman–Crippen LogP) is 0.0291. The number of amides is 1. The summed E-state index contributed by atoms with van der Waals surface area (Å²) in [6, 6.07) is 5.28. The Labute approximate surface area is 114 Å². The van der Waals surface area contributed by atoms with E-state index in [4.69, 9.17) is 4.74 Å². The topological polar surface area (TPSA) is 99.0 Å². The van der Waals surface area contributed by atoms with E-state index in [9.17, 15) is 9.59 Å². The average molecular weight is 276 g/mol. The molecule has 1 saturated heterocycles. The highest BCUT2D eigenvalue weighted by molar-refractivity contribution is 5.95. The van der Waals surface area contributed by atoms with E-state index in [-0.39, 0.29) is 23.6 Å². The van der Waals surface area contributed by atoms with Crippen molar-refractivity contribution in [3.63, 3.8) is 0 Å². The Kier molecular flexibility index (Phi) is 3.29. The molecule has 7 nitrogen and oxygen atoms in total. The summed E-state index contributed by atoms with van der Waals surface area (Å²) in [7, 11) is 1.82. The Morgan fingerprint density at radius 2 is 2.10 bits per heavy atom. The van der Waals surface area contributed by atoms with Crippen molar-refractivity contribution in [2.24, 2.45) is 5.92 Å². The van der Waals surface area contributed by atoms with E-state index in [0.29, 0.717) is 29.9 Å². The molecule has 3 rings (SSSR count). The number of H-pyrrole nitrogens is 2. The van der Waals surface area contributed by atoms with Gasteiger partial charge in [-0.2, -0.15) is 0 Å². The number of likely N-dealkylation sites (N-methyl/N-ethyl adjacent to an activating group) is 1. The summed E-state index contributed by atoms with van der Waals surface area (Å²) in [5.41, 5.74) is 1.77. The number of aromatic amines is 2. The quantitative estimate of drug-likeness (QED) is 0.635. The van der Waals surface area contributed by atoms with Gasteiger partial charge in [-0.25, -0.2) is 4.79 Å². The van der Waals surface area contributed by atoms with Crippen LogP contribution in [-0.4, -0.2) is 42.2 Å². The third-order valence-corrected chi connectivity index (χ3v) is 3.57. The van der Waals surface area contributed by atoms with E-state index in [0.717, 1.165) is 0 Å². The summed E-state index contributed by atoms with van der Waals surface area (Å²) in [6.45, 7) is 0.958. The lowest BCUT2D eigenvalue weighted by atomic mass is 10.0. The van der Waals surface area contributed by atoms with Gasteiger partial charge in [0.2, 0.25) is 5.91 Å². The zero-order valence-electron chi connectivity index (χ0n) is 11.0. The van der Waals surface area contributed by atoms with Crippen molar-refractivity contribution in [3.8, 4) is 0 Å². The van der Waals surface area contributed by atoms with Crippen LogP contribution in [-0.2, 0) is 9.53 Å². The Morgan fingerprint density at radius 1 is 1.30 bits per heavy atom. The maximum Gasteiger partial charge on any atom is 0.323 e. The normalized spacial score (nSPS) is 22.2. The average Bonchev–Trinajstić information content (AvgIpc) is 3.02. The van der Waals surface area contributed by atoms with Crippen molar-refractivity contribution >= 4 is 22.6 Å². The summed E-state index contributed by atoms with van der Waals surface area (Å²) in [4.78, 5) is 28.7. The van der Waals surface area contributed by atoms with E-state index in [1.807, 2.05) is 7.05 Å². The summed E-state index contributed by atoms with van der Waals surface area (Å²) in [5, 5.41) is 5.93. The Hall–Kier alpha value is -2.12. The lowest BCUT2D eigenvalue weighted by molar-refractivity contribution is -0.120. The van der Waals surface area contributed by atoms with Crippen molar-refractivity contribution in [2.75, 3.05) is 25.6 Å². The molecule has 1 aromatic carbocycles. The molecule has 0 saturated carbocycles. The van der Waals surface area contributed by atoms with Gasteiger partial charge in [0.25, 0.3) is 0 Å². The van der Waals surface area contributed by atoms with Gasteiger partial charge < -0.3 is 25.3 Å². The van der Waals surface area contributed by atoms with Crippen molar-refractivity contribution in [1.82, 2.24) is 15.3 Å². The van der Waals surface area contributed by atoms with Crippen LogP contribution in [0.5, 0.6) is 0 Å². The fourth-order valence-corrected chi connectivity index (χ4v) is 2.44. The number of ether oxygens (including phenoxy) is 1. The number of imidazole rings is 1. The third kappa shape index (κ3) is 2.33. The summed E-state index contributed by atoms with van der Waals surface area (Å²) >= 11 is 0. The second-order valence-corrected chi connectivity index (χ2v) is 4.87. The summed E-state index contributed by atoms with van der Waals surface area (Å²) in [6.07, 6.45) is 0. The highest BCUT2D eigenvalue weighted by atomic mass is 16.5. The maximum atomic E-state index is 12.2. The number of aromatic nitrogens is 2. The first kappa shape index (κ1) is 12.9.